The van der Waals surface area contributed by atoms with E-state index in [0.717, 1.165) is 24.1 Å². The molecular formula is C20H21N3O3. The molecule has 6 heteroatoms. The van der Waals surface area contributed by atoms with Crippen molar-refractivity contribution in [1.82, 2.24) is 14.7 Å². The highest BCUT2D eigenvalue weighted by Crippen LogP contribution is 2.24. The molecule has 0 unspecified atom stereocenters. The predicted molar refractivity (Wildman–Crippen MR) is 97.2 cm³/mol. The van der Waals surface area contributed by atoms with Gasteiger partial charge in [0.25, 0.3) is 5.91 Å². The van der Waals surface area contributed by atoms with Gasteiger partial charge in [-0.05, 0) is 37.1 Å². The van der Waals surface area contributed by atoms with Gasteiger partial charge < -0.3 is 14.1 Å². The third-order valence-corrected chi connectivity index (χ3v) is 4.76. The van der Waals surface area contributed by atoms with Gasteiger partial charge in [0.05, 0.1) is 17.4 Å². The fourth-order valence-corrected chi connectivity index (χ4v) is 3.19. The maximum Gasteiger partial charge on any atom is 0.289 e. The summed E-state index contributed by atoms with van der Waals surface area (Å²) >= 11 is 0. The first kappa shape index (κ1) is 16.6. The molecule has 0 aliphatic carbocycles. The summed E-state index contributed by atoms with van der Waals surface area (Å²) in [5.41, 5.74) is 1.81. The van der Waals surface area contributed by atoms with Crippen molar-refractivity contribution in [1.29, 1.82) is 0 Å². The van der Waals surface area contributed by atoms with Crippen LogP contribution in [-0.4, -0.2) is 46.9 Å². The molecule has 26 heavy (non-hydrogen) atoms. The summed E-state index contributed by atoms with van der Waals surface area (Å²) in [4.78, 5) is 14.4. The molecule has 1 amide bonds. The van der Waals surface area contributed by atoms with Crippen molar-refractivity contribution in [2.45, 2.75) is 18.9 Å². The number of carbonyl (C=O) groups is 1. The van der Waals surface area contributed by atoms with E-state index in [-0.39, 0.29) is 11.9 Å². The van der Waals surface area contributed by atoms with Gasteiger partial charge >= 0.3 is 0 Å². The molecule has 6 nitrogen and oxygen atoms in total. The van der Waals surface area contributed by atoms with Crippen molar-refractivity contribution in [3.8, 4) is 17.0 Å². The van der Waals surface area contributed by atoms with Crippen LogP contribution in [0.4, 0.5) is 0 Å². The molecule has 0 saturated carbocycles. The second-order valence-corrected chi connectivity index (χ2v) is 6.43. The van der Waals surface area contributed by atoms with Gasteiger partial charge in [-0.2, -0.15) is 5.10 Å². The molecule has 1 aromatic carbocycles. The van der Waals surface area contributed by atoms with Crippen molar-refractivity contribution < 1.29 is 13.9 Å². The Morgan fingerprint density at radius 3 is 2.69 bits per heavy atom. The summed E-state index contributed by atoms with van der Waals surface area (Å²) in [5, 5.41) is 4.37. The van der Waals surface area contributed by atoms with E-state index in [0.29, 0.717) is 24.7 Å². The van der Waals surface area contributed by atoms with E-state index < -0.39 is 0 Å². The summed E-state index contributed by atoms with van der Waals surface area (Å²) in [6, 6.07) is 13.6. The Kier molecular flexibility index (Phi) is 4.58. The molecule has 1 aliphatic heterocycles. The molecule has 1 saturated heterocycles. The lowest BCUT2D eigenvalue weighted by Gasteiger charge is -2.30. The van der Waals surface area contributed by atoms with E-state index >= 15 is 0 Å². The fraction of sp³-hybridized carbons (Fsp3) is 0.300. The van der Waals surface area contributed by atoms with E-state index in [1.54, 1.807) is 21.8 Å². The Morgan fingerprint density at radius 2 is 1.92 bits per heavy atom. The van der Waals surface area contributed by atoms with E-state index in [1.165, 1.54) is 0 Å². The van der Waals surface area contributed by atoms with Crippen molar-refractivity contribution in [3.63, 3.8) is 0 Å². The standard InChI is InChI=1S/C20H21N3O3/c1-22(16-9-11-25-12-10-16)20(24)19-8-7-18(26-19)15-13-21-23(14-15)17-5-3-2-4-6-17/h2-8,13-14,16H,9-12H2,1H3. The summed E-state index contributed by atoms with van der Waals surface area (Å²) in [7, 11) is 1.83. The maximum absolute atomic E-state index is 12.7. The zero-order valence-corrected chi connectivity index (χ0v) is 14.7. The fourth-order valence-electron chi connectivity index (χ4n) is 3.19. The Hall–Kier alpha value is -2.86. The molecule has 134 valence electrons. The monoisotopic (exact) mass is 351 g/mol. The van der Waals surface area contributed by atoms with Gasteiger partial charge in [-0.15, -0.1) is 0 Å². The van der Waals surface area contributed by atoms with Crippen LogP contribution in [0.15, 0.2) is 59.3 Å². The summed E-state index contributed by atoms with van der Waals surface area (Å²) < 4.78 is 13.0. The number of nitrogens with zero attached hydrogens (tertiary/aromatic N) is 3. The van der Waals surface area contributed by atoms with Crippen LogP contribution < -0.4 is 0 Å². The number of carbonyl (C=O) groups excluding carboxylic acids is 1. The van der Waals surface area contributed by atoms with Crippen molar-refractivity contribution in [2.75, 3.05) is 20.3 Å². The second-order valence-electron chi connectivity index (χ2n) is 6.43. The minimum atomic E-state index is -0.0985. The predicted octanol–water partition coefficient (Wildman–Crippen LogP) is 3.38. The van der Waals surface area contributed by atoms with E-state index in [4.69, 9.17) is 9.15 Å². The Balaban J connectivity index is 1.51. The lowest BCUT2D eigenvalue weighted by Crippen LogP contribution is -2.40. The van der Waals surface area contributed by atoms with E-state index in [9.17, 15) is 4.79 Å². The Morgan fingerprint density at radius 1 is 1.15 bits per heavy atom. The van der Waals surface area contributed by atoms with Crippen LogP contribution in [0, 0.1) is 0 Å². The number of furan rings is 1. The van der Waals surface area contributed by atoms with Crippen molar-refractivity contribution in [3.05, 3.63) is 60.6 Å². The van der Waals surface area contributed by atoms with Crippen LogP contribution in [0.25, 0.3) is 17.0 Å². The Bertz CT molecular complexity index is 879. The first-order chi connectivity index (χ1) is 12.7. The third kappa shape index (κ3) is 3.28. The molecular weight excluding hydrogens is 330 g/mol. The van der Waals surface area contributed by atoms with E-state index in [2.05, 4.69) is 5.10 Å². The number of hydrogen-bond acceptors (Lipinski definition) is 4. The second kappa shape index (κ2) is 7.17. The highest BCUT2D eigenvalue weighted by molar-refractivity contribution is 5.92. The topological polar surface area (TPSA) is 60.5 Å². The zero-order valence-electron chi connectivity index (χ0n) is 14.7. The normalized spacial score (nSPS) is 15.1. The average molecular weight is 351 g/mol. The Labute approximate surface area is 152 Å². The van der Waals surface area contributed by atoms with E-state index in [1.807, 2.05) is 49.6 Å². The van der Waals surface area contributed by atoms with Crippen molar-refractivity contribution >= 4 is 5.91 Å². The lowest BCUT2D eigenvalue weighted by atomic mass is 10.1. The van der Waals surface area contributed by atoms with Crippen LogP contribution in [0.2, 0.25) is 0 Å². The summed E-state index contributed by atoms with van der Waals surface area (Å²) in [5.74, 6) is 0.885. The number of rotatable bonds is 4. The molecule has 0 radical (unpaired) electrons. The van der Waals surface area contributed by atoms with Crippen LogP contribution in [0.5, 0.6) is 0 Å². The van der Waals surface area contributed by atoms with Gasteiger partial charge in [-0.3, -0.25) is 4.79 Å². The first-order valence-corrected chi connectivity index (χ1v) is 8.77. The summed E-state index contributed by atoms with van der Waals surface area (Å²) in [6.07, 6.45) is 5.35. The van der Waals surface area contributed by atoms with Crippen LogP contribution in [0.3, 0.4) is 0 Å². The minimum Gasteiger partial charge on any atom is -0.451 e. The molecule has 1 aliphatic rings. The van der Waals surface area contributed by atoms with Gasteiger partial charge in [0.2, 0.25) is 0 Å². The number of ether oxygens (including phenoxy) is 1. The van der Waals surface area contributed by atoms with Crippen LogP contribution >= 0.6 is 0 Å². The number of amides is 1. The lowest BCUT2D eigenvalue weighted by molar-refractivity contribution is 0.0345. The number of hydrogen-bond donors (Lipinski definition) is 0. The zero-order chi connectivity index (χ0) is 17.9. The quantitative estimate of drug-likeness (QED) is 0.723. The SMILES string of the molecule is CN(C(=O)c1ccc(-c2cnn(-c3ccccc3)c2)o1)C1CCOCC1. The van der Waals surface area contributed by atoms with Crippen LogP contribution in [0.1, 0.15) is 23.4 Å². The van der Waals surface area contributed by atoms with Gasteiger partial charge in [0, 0.05) is 32.5 Å². The van der Waals surface area contributed by atoms with Crippen LogP contribution in [-0.2, 0) is 4.74 Å². The highest BCUT2D eigenvalue weighted by Gasteiger charge is 2.25. The largest absolute Gasteiger partial charge is 0.451 e. The third-order valence-electron chi connectivity index (χ3n) is 4.76. The smallest absolute Gasteiger partial charge is 0.289 e. The van der Waals surface area contributed by atoms with Gasteiger partial charge in [0.15, 0.2) is 5.76 Å². The van der Waals surface area contributed by atoms with Gasteiger partial charge in [-0.25, -0.2) is 4.68 Å². The summed E-state index contributed by atoms with van der Waals surface area (Å²) in [6.45, 7) is 1.40. The molecule has 1 fully saturated rings. The molecule has 3 heterocycles. The van der Waals surface area contributed by atoms with Gasteiger partial charge in [-0.1, -0.05) is 18.2 Å². The molecule has 0 N–H and O–H groups in total. The maximum atomic E-state index is 12.7. The molecule has 0 spiro atoms. The number of benzene rings is 1. The minimum absolute atomic E-state index is 0.0985. The number of para-hydroxylation sites is 1. The highest BCUT2D eigenvalue weighted by atomic mass is 16.5. The molecule has 3 aromatic rings. The first-order valence-electron chi connectivity index (χ1n) is 8.77. The molecule has 4 rings (SSSR count). The average Bonchev–Trinajstić information content (AvgIpc) is 3.38. The molecule has 2 aromatic heterocycles. The molecule has 0 bridgehead atoms. The van der Waals surface area contributed by atoms with Crippen molar-refractivity contribution in [2.24, 2.45) is 0 Å². The van der Waals surface area contributed by atoms with Gasteiger partial charge in [0.1, 0.15) is 5.76 Å². The number of aromatic nitrogens is 2. The molecule has 0 atom stereocenters.